The predicted octanol–water partition coefficient (Wildman–Crippen LogP) is 4.87. The molecule has 1 aliphatic heterocycles. The molecule has 2 unspecified atom stereocenters. The molecule has 2 heterocycles. The minimum atomic E-state index is -0.721. The predicted molar refractivity (Wildman–Crippen MR) is 138 cm³/mol. The fraction of sp³-hybridized carbons (Fsp3) is 0.310. The molecule has 5 rings (SSSR count). The quantitative estimate of drug-likeness (QED) is 0.400. The number of ether oxygens (including phenoxy) is 1. The van der Waals surface area contributed by atoms with E-state index in [-0.39, 0.29) is 18.4 Å². The van der Waals surface area contributed by atoms with Crippen molar-refractivity contribution in [2.24, 2.45) is 0 Å². The Labute approximate surface area is 205 Å². The van der Waals surface area contributed by atoms with Crippen molar-refractivity contribution in [2.45, 2.75) is 45.3 Å². The monoisotopic (exact) mass is 469 g/mol. The van der Waals surface area contributed by atoms with Crippen LogP contribution in [0.5, 0.6) is 5.75 Å². The molecule has 2 atom stereocenters. The standard InChI is InChI=1S/C29H31N3O3/c1-3-21-12-14-24(15-13-21)35-19-23(33)18-32-27-11-7-5-9-25(27)30-29(32)22-16-28(34)31(17-22)26-10-6-4-8-20(26)2/h4-15,22-23,33H,3,16-19H2,1-2H3. The third-order valence-corrected chi connectivity index (χ3v) is 6.75. The minimum absolute atomic E-state index is 0.0517. The molecule has 1 saturated heterocycles. The van der Waals surface area contributed by atoms with Crippen molar-refractivity contribution in [1.29, 1.82) is 0 Å². The zero-order chi connectivity index (χ0) is 24.4. The Bertz CT molecular complexity index is 1330. The highest BCUT2D eigenvalue weighted by Gasteiger charge is 2.35. The third kappa shape index (κ3) is 4.80. The van der Waals surface area contributed by atoms with Gasteiger partial charge in [-0.25, -0.2) is 4.98 Å². The van der Waals surface area contributed by atoms with Crippen LogP contribution < -0.4 is 9.64 Å². The number of amides is 1. The average Bonchev–Trinajstić information content (AvgIpc) is 3.44. The minimum Gasteiger partial charge on any atom is -0.491 e. The molecule has 0 bridgehead atoms. The van der Waals surface area contributed by atoms with Crippen LogP contribution in [0.25, 0.3) is 11.0 Å². The van der Waals surface area contributed by atoms with Gasteiger partial charge in [-0.05, 0) is 54.8 Å². The zero-order valence-electron chi connectivity index (χ0n) is 20.2. The van der Waals surface area contributed by atoms with Crippen LogP contribution in [0, 0.1) is 6.92 Å². The van der Waals surface area contributed by atoms with E-state index in [0.717, 1.165) is 40.3 Å². The number of aryl methyl sites for hydroxylation is 2. The molecule has 0 spiro atoms. The maximum Gasteiger partial charge on any atom is 0.227 e. The number of aliphatic hydroxyl groups excluding tert-OH is 1. The van der Waals surface area contributed by atoms with E-state index in [1.54, 1.807) is 0 Å². The van der Waals surface area contributed by atoms with Gasteiger partial charge in [0.05, 0.1) is 17.6 Å². The van der Waals surface area contributed by atoms with Gasteiger partial charge in [0.25, 0.3) is 0 Å². The van der Waals surface area contributed by atoms with Gasteiger partial charge in [-0.3, -0.25) is 4.79 Å². The normalized spacial score (nSPS) is 16.7. The molecule has 1 aromatic heterocycles. The van der Waals surface area contributed by atoms with Gasteiger partial charge in [-0.1, -0.05) is 49.4 Å². The molecule has 6 nitrogen and oxygen atoms in total. The van der Waals surface area contributed by atoms with E-state index in [9.17, 15) is 9.90 Å². The number of hydrogen-bond acceptors (Lipinski definition) is 4. The molecule has 1 N–H and O–H groups in total. The van der Waals surface area contributed by atoms with Crippen LogP contribution in [-0.4, -0.2) is 39.8 Å². The molecule has 1 amide bonds. The number of aromatic nitrogens is 2. The molecule has 4 aromatic rings. The van der Waals surface area contributed by atoms with E-state index in [1.165, 1.54) is 5.56 Å². The van der Waals surface area contributed by atoms with Gasteiger partial charge in [0.2, 0.25) is 5.91 Å². The molecule has 1 aliphatic rings. The molecule has 0 saturated carbocycles. The van der Waals surface area contributed by atoms with E-state index < -0.39 is 6.10 Å². The summed E-state index contributed by atoms with van der Waals surface area (Å²) in [5.74, 6) is 1.63. The number of carbonyl (C=O) groups is 1. The lowest BCUT2D eigenvalue weighted by molar-refractivity contribution is -0.117. The lowest BCUT2D eigenvalue weighted by atomic mass is 10.1. The summed E-state index contributed by atoms with van der Waals surface area (Å²) in [4.78, 5) is 19.8. The number of rotatable bonds is 8. The highest BCUT2D eigenvalue weighted by Crippen LogP contribution is 2.34. The van der Waals surface area contributed by atoms with E-state index in [1.807, 2.05) is 84.6 Å². The Hall–Kier alpha value is -3.64. The SMILES string of the molecule is CCc1ccc(OCC(O)Cn2c(C3CC(=O)N(c4ccccc4C)C3)nc3ccccc32)cc1. The van der Waals surface area contributed by atoms with Crippen LogP contribution in [0.15, 0.2) is 72.8 Å². The summed E-state index contributed by atoms with van der Waals surface area (Å²) in [5, 5.41) is 10.9. The smallest absolute Gasteiger partial charge is 0.227 e. The summed E-state index contributed by atoms with van der Waals surface area (Å²) in [6.07, 6.45) is 0.653. The van der Waals surface area contributed by atoms with Crippen molar-refractivity contribution in [2.75, 3.05) is 18.1 Å². The first kappa shape index (κ1) is 23.1. The van der Waals surface area contributed by atoms with Crippen molar-refractivity contribution < 1.29 is 14.6 Å². The summed E-state index contributed by atoms with van der Waals surface area (Å²) >= 11 is 0. The van der Waals surface area contributed by atoms with Crippen LogP contribution >= 0.6 is 0 Å². The van der Waals surface area contributed by atoms with E-state index >= 15 is 0 Å². The maximum absolute atomic E-state index is 13.0. The molecule has 35 heavy (non-hydrogen) atoms. The van der Waals surface area contributed by atoms with E-state index in [4.69, 9.17) is 9.72 Å². The lowest BCUT2D eigenvalue weighted by Gasteiger charge is -2.20. The topological polar surface area (TPSA) is 67.6 Å². The molecule has 6 heteroatoms. The van der Waals surface area contributed by atoms with Gasteiger partial charge in [0.15, 0.2) is 0 Å². The highest BCUT2D eigenvalue weighted by atomic mass is 16.5. The maximum atomic E-state index is 13.0. The summed E-state index contributed by atoms with van der Waals surface area (Å²) < 4.78 is 7.91. The second-order valence-electron chi connectivity index (χ2n) is 9.22. The molecular weight excluding hydrogens is 438 g/mol. The van der Waals surface area contributed by atoms with E-state index in [2.05, 4.69) is 11.5 Å². The molecular formula is C29H31N3O3. The summed E-state index contributed by atoms with van der Waals surface area (Å²) in [6.45, 7) is 5.24. The first-order valence-corrected chi connectivity index (χ1v) is 12.2. The summed E-state index contributed by atoms with van der Waals surface area (Å²) in [6, 6.07) is 23.8. The van der Waals surface area contributed by atoms with Gasteiger partial charge < -0.3 is 19.3 Å². The second kappa shape index (κ2) is 9.92. The molecule has 0 aliphatic carbocycles. The van der Waals surface area contributed by atoms with Crippen molar-refractivity contribution in [1.82, 2.24) is 9.55 Å². The Morgan fingerprint density at radius 1 is 1.06 bits per heavy atom. The van der Waals surface area contributed by atoms with Gasteiger partial charge in [-0.15, -0.1) is 0 Å². The third-order valence-electron chi connectivity index (χ3n) is 6.75. The number of nitrogens with zero attached hydrogens (tertiary/aromatic N) is 3. The number of anilines is 1. The van der Waals surface area contributed by atoms with Crippen LogP contribution in [0.2, 0.25) is 0 Å². The van der Waals surface area contributed by atoms with Gasteiger partial charge in [0, 0.05) is 24.6 Å². The number of aliphatic hydroxyl groups is 1. The Balaban J connectivity index is 1.36. The fourth-order valence-corrected chi connectivity index (χ4v) is 4.85. The molecule has 0 radical (unpaired) electrons. The Morgan fingerprint density at radius 2 is 1.80 bits per heavy atom. The number of carbonyl (C=O) groups excluding carboxylic acids is 1. The fourth-order valence-electron chi connectivity index (χ4n) is 4.85. The molecule has 3 aromatic carbocycles. The van der Waals surface area contributed by atoms with E-state index in [0.29, 0.717) is 19.5 Å². The second-order valence-corrected chi connectivity index (χ2v) is 9.22. The average molecular weight is 470 g/mol. The van der Waals surface area contributed by atoms with Crippen molar-refractivity contribution in [3.05, 3.63) is 89.7 Å². The van der Waals surface area contributed by atoms with Crippen molar-refractivity contribution in [3.63, 3.8) is 0 Å². The number of imidazole rings is 1. The van der Waals surface area contributed by atoms with Crippen LogP contribution in [0.4, 0.5) is 5.69 Å². The molecule has 180 valence electrons. The number of benzene rings is 3. The number of hydrogen-bond donors (Lipinski definition) is 1. The van der Waals surface area contributed by atoms with Gasteiger partial charge >= 0.3 is 0 Å². The molecule has 1 fully saturated rings. The zero-order valence-corrected chi connectivity index (χ0v) is 20.2. The summed E-state index contributed by atoms with van der Waals surface area (Å²) in [5.41, 5.74) is 5.10. The highest BCUT2D eigenvalue weighted by molar-refractivity contribution is 5.97. The first-order chi connectivity index (χ1) is 17.0. The van der Waals surface area contributed by atoms with Crippen molar-refractivity contribution >= 4 is 22.6 Å². The largest absolute Gasteiger partial charge is 0.491 e. The first-order valence-electron chi connectivity index (χ1n) is 12.2. The van der Waals surface area contributed by atoms with Crippen LogP contribution in [-0.2, 0) is 17.8 Å². The van der Waals surface area contributed by atoms with Gasteiger partial charge in [0.1, 0.15) is 24.3 Å². The Morgan fingerprint density at radius 3 is 2.57 bits per heavy atom. The Kier molecular flexibility index (Phi) is 6.55. The van der Waals surface area contributed by atoms with Crippen molar-refractivity contribution in [3.8, 4) is 5.75 Å². The lowest BCUT2D eigenvalue weighted by Crippen LogP contribution is -2.27. The van der Waals surface area contributed by atoms with Crippen LogP contribution in [0.1, 0.15) is 36.2 Å². The van der Waals surface area contributed by atoms with Gasteiger partial charge in [-0.2, -0.15) is 0 Å². The number of para-hydroxylation sites is 3. The number of fused-ring (bicyclic) bond motifs is 1. The van der Waals surface area contributed by atoms with Crippen LogP contribution in [0.3, 0.4) is 0 Å². The summed E-state index contributed by atoms with van der Waals surface area (Å²) in [7, 11) is 0.